The van der Waals surface area contributed by atoms with Gasteiger partial charge in [0.1, 0.15) is 5.69 Å². The molecule has 0 atom stereocenters. The third kappa shape index (κ3) is 3.19. The van der Waals surface area contributed by atoms with Crippen LogP contribution in [-0.2, 0) is 7.05 Å². The lowest BCUT2D eigenvalue weighted by Crippen LogP contribution is -2.13. The number of carbonyl (C=O) groups excluding carboxylic acids is 2. The second-order valence-electron chi connectivity index (χ2n) is 4.97. The molecule has 2 aromatic heterocycles. The van der Waals surface area contributed by atoms with Gasteiger partial charge in [0.05, 0.1) is 5.01 Å². The Balaban J connectivity index is 1.73. The van der Waals surface area contributed by atoms with Gasteiger partial charge in [-0.1, -0.05) is 0 Å². The maximum atomic E-state index is 12.3. The van der Waals surface area contributed by atoms with Crippen LogP contribution in [-0.4, -0.2) is 26.2 Å². The number of nitrogens with one attached hydrogen (secondary N) is 1. The van der Waals surface area contributed by atoms with E-state index in [4.69, 9.17) is 0 Å². The summed E-state index contributed by atoms with van der Waals surface area (Å²) in [6, 6.07) is 6.71. The molecule has 0 radical (unpaired) electrons. The van der Waals surface area contributed by atoms with Gasteiger partial charge in [0.25, 0.3) is 5.91 Å². The Morgan fingerprint density at radius 1 is 1.22 bits per heavy atom. The summed E-state index contributed by atoms with van der Waals surface area (Å²) in [6.45, 7) is 1.85. The van der Waals surface area contributed by atoms with Crippen molar-refractivity contribution in [2.45, 2.75) is 6.92 Å². The summed E-state index contributed by atoms with van der Waals surface area (Å²) in [6.07, 6.45) is 3.30. The van der Waals surface area contributed by atoms with Crippen LogP contribution < -0.4 is 5.32 Å². The number of thiazole rings is 1. The molecule has 0 aliphatic carbocycles. The summed E-state index contributed by atoms with van der Waals surface area (Å²) in [5, 5.41) is 5.31. The van der Waals surface area contributed by atoms with Crippen molar-refractivity contribution in [2.24, 2.45) is 7.05 Å². The normalized spacial score (nSPS) is 10.5. The summed E-state index contributed by atoms with van der Waals surface area (Å²) in [5.74, 6) is -0.0530. The van der Waals surface area contributed by atoms with E-state index in [1.54, 1.807) is 53.7 Å². The molecule has 0 bridgehead atoms. The van der Waals surface area contributed by atoms with Gasteiger partial charge in [-0.15, -0.1) is 11.3 Å². The van der Waals surface area contributed by atoms with Crippen LogP contribution in [0, 0.1) is 6.92 Å². The van der Waals surface area contributed by atoms with E-state index < -0.39 is 0 Å². The first-order valence-corrected chi connectivity index (χ1v) is 7.78. The van der Waals surface area contributed by atoms with Crippen molar-refractivity contribution in [1.82, 2.24) is 14.5 Å². The van der Waals surface area contributed by atoms with Crippen molar-refractivity contribution in [1.29, 1.82) is 0 Å². The number of anilines is 1. The molecule has 1 amide bonds. The molecule has 23 heavy (non-hydrogen) atoms. The number of aromatic nitrogens is 3. The lowest BCUT2D eigenvalue weighted by Gasteiger charge is -2.05. The highest BCUT2D eigenvalue weighted by atomic mass is 32.1. The van der Waals surface area contributed by atoms with Crippen LogP contribution in [0.25, 0.3) is 0 Å². The van der Waals surface area contributed by atoms with Crippen LogP contribution in [0.15, 0.2) is 42.0 Å². The molecule has 0 saturated heterocycles. The highest BCUT2D eigenvalue weighted by Crippen LogP contribution is 2.15. The van der Waals surface area contributed by atoms with E-state index in [0.29, 0.717) is 22.8 Å². The molecule has 0 aliphatic heterocycles. The zero-order valence-electron chi connectivity index (χ0n) is 12.6. The van der Waals surface area contributed by atoms with Gasteiger partial charge < -0.3 is 9.88 Å². The van der Waals surface area contributed by atoms with Crippen molar-refractivity contribution in [3.05, 3.63) is 64.1 Å². The summed E-state index contributed by atoms with van der Waals surface area (Å²) in [4.78, 5) is 32.5. The Bertz CT molecular complexity index is 864. The number of aryl methyl sites for hydroxylation is 2. The van der Waals surface area contributed by atoms with E-state index in [-0.39, 0.29) is 11.7 Å². The highest BCUT2D eigenvalue weighted by Gasteiger charge is 2.14. The Morgan fingerprint density at radius 3 is 2.52 bits per heavy atom. The molecule has 116 valence electrons. The maximum absolute atomic E-state index is 12.3. The maximum Gasteiger partial charge on any atom is 0.275 e. The van der Waals surface area contributed by atoms with E-state index in [0.717, 1.165) is 5.01 Å². The van der Waals surface area contributed by atoms with Gasteiger partial charge >= 0.3 is 0 Å². The van der Waals surface area contributed by atoms with Gasteiger partial charge in [0, 0.05) is 36.1 Å². The van der Waals surface area contributed by atoms with Crippen molar-refractivity contribution >= 4 is 28.7 Å². The number of nitrogens with zero attached hydrogens (tertiary/aromatic N) is 3. The molecule has 0 unspecified atom stereocenters. The first kappa shape index (κ1) is 15.1. The van der Waals surface area contributed by atoms with Crippen molar-refractivity contribution in [3.8, 4) is 0 Å². The molecule has 0 spiro atoms. The highest BCUT2D eigenvalue weighted by molar-refractivity contribution is 7.09. The number of hydrogen-bond donors (Lipinski definition) is 1. The lowest BCUT2D eigenvalue weighted by atomic mass is 10.1. The van der Waals surface area contributed by atoms with Gasteiger partial charge in [0.2, 0.25) is 5.78 Å². The quantitative estimate of drug-likeness (QED) is 0.748. The number of hydrogen-bond acceptors (Lipinski definition) is 5. The molecule has 0 fully saturated rings. The molecule has 0 saturated carbocycles. The predicted octanol–water partition coefficient (Wildman–Crippen LogP) is 2.67. The minimum atomic E-state index is -0.266. The molecular formula is C16H14N4O2S. The van der Waals surface area contributed by atoms with Crippen molar-refractivity contribution in [2.75, 3.05) is 5.32 Å². The third-order valence-corrected chi connectivity index (χ3v) is 4.05. The van der Waals surface area contributed by atoms with Gasteiger partial charge in [-0.3, -0.25) is 9.59 Å². The van der Waals surface area contributed by atoms with Gasteiger partial charge in [0.15, 0.2) is 5.82 Å². The number of benzene rings is 1. The molecule has 7 heteroatoms. The fourth-order valence-corrected chi connectivity index (χ4v) is 2.67. The smallest absolute Gasteiger partial charge is 0.275 e. The zero-order valence-corrected chi connectivity index (χ0v) is 13.4. The topological polar surface area (TPSA) is 76.9 Å². The van der Waals surface area contributed by atoms with Crippen LogP contribution >= 0.6 is 11.3 Å². The first-order chi connectivity index (χ1) is 11.0. The average molecular weight is 326 g/mol. The molecule has 2 heterocycles. The van der Waals surface area contributed by atoms with Crippen LogP contribution in [0.3, 0.4) is 0 Å². The molecule has 0 aliphatic rings. The van der Waals surface area contributed by atoms with E-state index >= 15 is 0 Å². The second-order valence-corrected chi connectivity index (χ2v) is 6.04. The Kier molecular flexibility index (Phi) is 4.03. The third-order valence-electron chi connectivity index (χ3n) is 3.28. The summed E-state index contributed by atoms with van der Waals surface area (Å²) in [7, 11) is 1.77. The van der Waals surface area contributed by atoms with Gasteiger partial charge in [-0.25, -0.2) is 9.97 Å². The molecule has 3 rings (SSSR count). The summed E-state index contributed by atoms with van der Waals surface area (Å²) in [5.41, 5.74) is 1.51. The molecule has 1 aromatic carbocycles. The second kappa shape index (κ2) is 6.13. The SMILES string of the molecule is Cc1nc(C(=O)Nc2ccc(C(=O)c3nccn3C)cc2)cs1. The Morgan fingerprint density at radius 2 is 1.96 bits per heavy atom. The first-order valence-electron chi connectivity index (χ1n) is 6.90. The van der Waals surface area contributed by atoms with Crippen LogP contribution in [0.4, 0.5) is 5.69 Å². The number of carbonyl (C=O) groups is 2. The van der Waals surface area contributed by atoms with Crippen LogP contribution in [0.5, 0.6) is 0 Å². The Labute approximate surface area is 136 Å². The summed E-state index contributed by atoms with van der Waals surface area (Å²) < 4.78 is 1.67. The molecule has 1 N–H and O–H groups in total. The minimum absolute atomic E-state index is 0.162. The number of amides is 1. The standard InChI is InChI=1S/C16H14N4O2S/c1-10-18-13(9-23-10)16(22)19-12-5-3-11(4-6-12)14(21)15-17-7-8-20(15)2/h3-9H,1-2H3,(H,19,22). The summed E-state index contributed by atoms with van der Waals surface area (Å²) >= 11 is 1.42. The molecule has 3 aromatic rings. The fourth-order valence-electron chi connectivity index (χ4n) is 2.08. The molecule has 6 nitrogen and oxygen atoms in total. The largest absolute Gasteiger partial charge is 0.331 e. The monoisotopic (exact) mass is 326 g/mol. The van der Waals surface area contributed by atoms with E-state index in [2.05, 4.69) is 15.3 Å². The van der Waals surface area contributed by atoms with Gasteiger partial charge in [-0.05, 0) is 31.2 Å². The average Bonchev–Trinajstić information content (AvgIpc) is 3.16. The Hall–Kier alpha value is -2.80. The van der Waals surface area contributed by atoms with E-state index in [1.165, 1.54) is 11.3 Å². The molecular weight excluding hydrogens is 312 g/mol. The lowest BCUT2D eigenvalue weighted by molar-refractivity contribution is 0.101. The number of ketones is 1. The van der Waals surface area contributed by atoms with E-state index in [1.807, 2.05) is 6.92 Å². The van der Waals surface area contributed by atoms with Crippen LogP contribution in [0.1, 0.15) is 31.7 Å². The zero-order chi connectivity index (χ0) is 16.4. The minimum Gasteiger partial charge on any atom is -0.331 e. The number of rotatable bonds is 4. The van der Waals surface area contributed by atoms with Crippen molar-refractivity contribution < 1.29 is 9.59 Å². The van der Waals surface area contributed by atoms with Crippen molar-refractivity contribution in [3.63, 3.8) is 0 Å². The van der Waals surface area contributed by atoms with E-state index in [9.17, 15) is 9.59 Å². The predicted molar refractivity (Wildman–Crippen MR) is 87.9 cm³/mol. The fraction of sp³-hybridized carbons (Fsp3) is 0.125. The van der Waals surface area contributed by atoms with Gasteiger partial charge in [-0.2, -0.15) is 0 Å². The van der Waals surface area contributed by atoms with Crippen LogP contribution in [0.2, 0.25) is 0 Å². The number of imidazole rings is 1.